The Bertz CT molecular complexity index is 263. The average Bonchev–Trinajstić information content (AvgIpc) is 2.03. The molecule has 0 fully saturated rings. The zero-order valence-corrected chi connectivity index (χ0v) is 8.73. The van der Waals surface area contributed by atoms with Crippen molar-refractivity contribution in [1.82, 2.24) is 4.98 Å². The molecule has 0 aliphatic heterocycles. The van der Waals surface area contributed by atoms with Crippen LogP contribution in [-0.4, -0.2) is 4.98 Å². The maximum Gasteiger partial charge on any atom is 0.0588 e. The molecule has 0 radical (unpaired) electrons. The minimum Gasteiger partial charge on any atom is -0.260 e. The first-order valence-electron chi connectivity index (χ1n) is 4.22. The van der Waals surface area contributed by atoms with Gasteiger partial charge in [0.15, 0.2) is 0 Å². The Kier molecular flexibility index (Phi) is 2.78. The van der Waals surface area contributed by atoms with Gasteiger partial charge >= 0.3 is 0 Å². The van der Waals surface area contributed by atoms with Gasteiger partial charge < -0.3 is 0 Å². The highest BCUT2D eigenvalue weighted by Gasteiger charge is 2.18. The van der Waals surface area contributed by atoms with Crippen LogP contribution in [0.1, 0.15) is 32.0 Å². The number of rotatable bonds is 2. The molecule has 0 amide bonds. The van der Waals surface area contributed by atoms with E-state index in [1.54, 1.807) is 0 Å². The van der Waals surface area contributed by atoms with Crippen LogP contribution in [0.5, 0.6) is 0 Å². The summed E-state index contributed by atoms with van der Waals surface area (Å²) in [6, 6.07) is 4.09. The van der Waals surface area contributed by atoms with Crippen LogP contribution in [0.3, 0.4) is 0 Å². The fourth-order valence-corrected chi connectivity index (χ4v) is 1.48. The smallest absolute Gasteiger partial charge is 0.0588 e. The summed E-state index contributed by atoms with van der Waals surface area (Å²) in [6.07, 6.45) is 2.85. The van der Waals surface area contributed by atoms with Gasteiger partial charge in [0.05, 0.1) is 5.69 Å². The molecule has 1 nitrogen and oxygen atoms in total. The Morgan fingerprint density at radius 3 is 2.58 bits per heavy atom. The first kappa shape index (κ1) is 9.59. The summed E-state index contributed by atoms with van der Waals surface area (Å²) in [4.78, 5) is 4.34. The van der Waals surface area contributed by atoms with Crippen LogP contribution in [0, 0.1) is 0 Å². The molecule has 1 aromatic rings. The number of aryl methyl sites for hydroxylation is 1. The Hall–Kier alpha value is -0.500. The van der Waals surface area contributed by atoms with Crippen LogP contribution in [0.25, 0.3) is 0 Å². The van der Waals surface area contributed by atoms with Crippen molar-refractivity contribution in [2.75, 3.05) is 0 Å². The molecule has 1 aromatic heterocycles. The van der Waals surface area contributed by atoms with Gasteiger partial charge in [-0.05, 0) is 31.9 Å². The van der Waals surface area contributed by atoms with Gasteiger partial charge in [0.25, 0.3) is 0 Å². The highest BCUT2D eigenvalue weighted by Crippen LogP contribution is 2.27. The molecule has 0 aliphatic carbocycles. The van der Waals surface area contributed by atoms with Crippen molar-refractivity contribution >= 4 is 12.6 Å². The third kappa shape index (κ3) is 2.01. The summed E-state index contributed by atoms with van der Waals surface area (Å²) in [6.45, 7) is 6.27. The summed E-state index contributed by atoms with van der Waals surface area (Å²) in [5.41, 5.74) is 2.38. The SMILES string of the molecule is CCc1cccnc1C(C)(C)S. The average molecular weight is 181 g/mol. The summed E-state index contributed by atoms with van der Waals surface area (Å²) in [5, 5.41) is 0. The largest absolute Gasteiger partial charge is 0.260 e. The first-order chi connectivity index (χ1) is 5.55. The highest BCUT2D eigenvalue weighted by atomic mass is 32.1. The van der Waals surface area contributed by atoms with E-state index in [0.717, 1.165) is 12.1 Å². The molecule has 66 valence electrons. The summed E-state index contributed by atoms with van der Waals surface area (Å²) in [7, 11) is 0. The van der Waals surface area contributed by atoms with Crippen molar-refractivity contribution in [2.24, 2.45) is 0 Å². The molecule has 0 spiro atoms. The van der Waals surface area contributed by atoms with Crippen molar-refractivity contribution in [1.29, 1.82) is 0 Å². The number of thiol groups is 1. The maximum absolute atomic E-state index is 4.51. The number of pyridine rings is 1. The topological polar surface area (TPSA) is 12.9 Å². The molecule has 1 heterocycles. The fourth-order valence-electron chi connectivity index (χ4n) is 1.27. The molecular weight excluding hydrogens is 166 g/mol. The molecule has 0 bridgehead atoms. The summed E-state index contributed by atoms with van der Waals surface area (Å²) >= 11 is 4.51. The molecule has 2 heteroatoms. The van der Waals surface area contributed by atoms with Gasteiger partial charge in [0.2, 0.25) is 0 Å². The second-order valence-corrected chi connectivity index (χ2v) is 4.54. The van der Waals surface area contributed by atoms with Crippen LogP contribution < -0.4 is 0 Å². The van der Waals surface area contributed by atoms with Crippen LogP contribution in [0.4, 0.5) is 0 Å². The van der Waals surface area contributed by atoms with Crippen molar-refractivity contribution in [2.45, 2.75) is 31.9 Å². The van der Waals surface area contributed by atoms with Crippen LogP contribution >= 0.6 is 12.6 Å². The summed E-state index contributed by atoms with van der Waals surface area (Å²) in [5.74, 6) is 0. The zero-order valence-electron chi connectivity index (χ0n) is 7.83. The van der Waals surface area contributed by atoms with E-state index >= 15 is 0 Å². The molecule has 0 N–H and O–H groups in total. The van der Waals surface area contributed by atoms with E-state index in [4.69, 9.17) is 0 Å². The van der Waals surface area contributed by atoms with Gasteiger partial charge in [-0.15, -0.1) is 0 Å². The minimum absolute atomic E-state index is 0.132. The number of nitrogens with zero attached hydrogens (tertiary/aromatic N) is 1. The standard InChI is InChI=1S/C10H15NS/c1-4-8-6-5-7-11-9(8)10(2,3)12/h5-7,12H,4H2,1-3H3. The van der Waals surface area contributed by atoms with Gasteiger partial charge in [-0.3, -0.25) is 4.98 Å². The monoisotopic (exact) mass is 181 g/mol. The molecule has 0 aliphatic rings. The minimum atomic E-state index is -0.132. The van der Waals surface area contributed by atoms with Crippen LogP contribution in [0.2, 0.25) is 0 Å². The third-order valence-electron chi connectivity index (χ3n) is 1.85. The van der Waals surface area contributed by atoms with E-state index in [1.807, 2.05) is 12.3 Å². The first-order valence-corrected chi connectivity index (χ1v) is 4.67. The summed E-state index contributed by atoms with van der Waals surface area (Å²) < 4.78 is -0.132. The van der Waals surface area contributed by atoms with E-state index in [-0.39, 0.29) is 4.75 Å². The third-order valence-corrected chi connectivity index (χ3v) is 2.06. The quantitative estimate of drug-likeness (QED) is 0.692. The zero-order chi connectivity index (χ0) is 9.19. The van der Waals surface area contributed by atoms with E-state index in [0.29, 0.717) is 0 Å². The molecule has 0 atom stereocenters. The lowest BCUT2D eigenvalue weighted by Gasteiger charge is -2.19. The number of hydrogen-bond donors (Lipinski definition) is 1. The predicted molar refractivity (Wildman–Crippen MR) is 55.6 cm³/mol. The van der Waals surface area contributed by atoms with Crippen LogP contribution in [-0.2, 0) is 11.2 Å². The Balaban J connectivity index is 3.14. The molecule has 0 unspecified atom stereocenters. The lowest BCUT2D eigenvalue weighted by Crippen LogP contribution is -2.13. The van der Waals surface area contributed by atoms with Crippen molar-refractivity contribution in [3.8, 4) is 0 Å². The Labute approximate surface area is 79.6 Å². The van der Waals surface area contributed by atoms with Gasteiger partial charge in [-0.25, -0.2) is 0 Å². The lowest BCUT2D eigenvalue weighted by atomic mass is 10.0. The van der Waals surface area contributed by atoms with Crippen LogP contribution in [0.15, 0.2) is 18.3 Å². The molecular formula is C10H15NS. The molecule has 0 saturated carbocycles. The Morgan fingerprint density at radius 2 is 2.17 bits per heavy atom. The van der Waals surface area contributed by atoms with Gasteiger partial charge in [0, 0.05) is 10.9 Å². The maximum atomic E-state index is 4.51. The molecule has 12 heavy (non-hydrogen) atoms. The number of hydrogen-bond acceptors (Lipinski definition) is 2. The lowest BCUT2D eigenvalue weighted by molar-refractivity contribution is 0.737. The van der Waals surface area contributed by atoms with Gasteiger partial charge in [-0.2, -0.15) is 12.6 Å². The van der Waals surface area contributed by atoms with E-state index < -0.39 is 0 Å². The van der Waals surface area contributed by atoms with Gasteiger partial charge in [0.1, 0.15) is 0 Å². The predicted octanol–water partition coefficient (Wildman–Crippen LogP) is 2.81. The van der Waals surface area contributed by atoms with E-state index in [2.05, 4.69) is 44.5 Å². The second-order valence-electron chi connectivity index (χ2n) is 3.42. The van der Waals surface area contributed by atoms with Crippen molar-refractivity contribution in [3.63, 3.8) is 0 Å². The molecule has 1 rings (SSSR count). The molecule has 0 aromatic carbocycles. The van der Waals surface area contributed by atoms with Crippen molar-refractivity contribution in [3.05, 3.63) is 29.6 Å². The highest BCUT2D eigenvalue weighted by molar-refractivity contribution is 7.81. The van der Waals surface area contributed by atoms with Crippen molar-refractivity contribution < 1.29 is 0 Å². The number of aromatic nitrogens is 1. The fraction of sp³-hybridized carbons (Fsp3) is 0.500. The van der Waals surface area contributed by atoms with E-state index in [9.17, 15) is 0 Å². The van der Waals surface area contributed by atoms with Gasteiger partial charge in [-0.1, -0.05) is 13.0 Å². The van der Waals surface area contributed by atoms with E-state index in [1.165, 1.54) is 5.56 Å². The normalized spacial score (nSPS) is 11.7. The second kappa shape index (κ2) is 3.48. The Morgan fingerprint density at radius 1 is 1.50 bits per heavy atom. The molecule has 0 saturated heterocycles.